The molecule has 2 N–H and O–H groups in total. The van der Waals surface area contributed by atoms with Crippen molar-refractivity contribution in [2.45, 2.75) is 19.5 Å². The standard InChI is InChI=1S/C10H11Br2N3S/c1-2-15-4-3-14-10(15)8(13)7-5-6(11)9(12)16-7/h3-5,8H,2,13H2,1H3. The molecule has 0 saturated heterocycles. The van der Waals surface area contributed by atoms with E-state index in [2.05, 4.69) is 48.3 Å². The van der Waals surface area contributed by atoms with Gasteiger partial charge in [-0.1, -0.05) is 0 Å². The first kappa shape index (κ1) is 12.3. The fourth-order valence-corrected chi connectivity index (χ4v) is 3.60. The molecule has 0 bridgehead atoms. The summed E-state index contributed by atoms with van der Waals surface area (Å²) in [7, 11) is 0. The third kappa shape index (κ3) is 2.25. The van der Waals surface area contributed by atoms with E-state index >= 15 is 0 Å². The van der Waals surface area contributed by atoms with Crippen LogP contribution in [0.3, 0.4) is 0 Å². The molecule has 0 radical (unpaired) electrons. The Morgan fingerprint density at radius 3 is 2.88 bits per heavy atom. The van der Waals surface area contributed by atoms with Crippen molar-refractivity contribution in [3.63, 3.8) is 0 Å². The van der Waals surface area contributed by atoms with Gasteiger partial charge in [0.05, 0.1) is 9.83 Å². The number of thiophene rings is 1. The lowest BCUT2D eigenvalue weighted by molar-refractivity contribution is 0.661. The number of hydrogen-bond acceptors (Lipinski definition) is 3. The number of aromatic nitrogens is 2. The van der Waals surface area contributed by atoms with Crippen LogP contribution in [0.2, 0.25) is 0 Å². The zero-order valence-corrected chi connectivity index (χ0v) is 12.6. The van der Waals surface area contributed by atoms with E-state index in [1.165, 1.54) is 0 Å². The Bertz CT molecular complexity index is 472. The zero-order chi connectivity index (χ0) is 11.7. The zero-order valence-electron chi connectivity index (χ0n) is 8.65. The van der Waals surface area contributed by atoms with Crippen LogP contribution in [0.1, 0.15) is 23.7 Å². The predicted octanol–water partition coefficient (Wildman–Crippen LogP) is 3.54. The Kier molecular flexibility index (Phi) is 3.84. The van der Waals surface area contributed by atoms with Crippen molar-refractivity contribution in [3.8, 4) is 0 Å². The number of nitrogens with two attached hydrogens (primary N) is 1. The molecule has 0 aromatic carbocycles. The molecule has 86 valence electrons. The van der Waals surface area contributed by atoms with Crippen LogP contribution >= 0.6 is 43.2 Å². The Balaban J connectivity index is 2.35. The van der Waals surface area contributed by atoms with Gasteiger partial charge in [-0.15, -0.1) is 11.3 Å². The van der Waals surface area contributed by atoms with Gasteiger partial charge in [0.1, 0.15) is 5.82 Å². The van der Waals surface area contributed by atoms with Crippen LogP contribution in [0.25, 0.3) is 0 Å². The molecule has 0 aliphatic heterocycles. The van der Waals surface area contributed by atoms with E-state index in [0.29, 0.717) is 0 Å². The summed E-state index contributed by atoms with van der Waals surface area (Å²) in [5.74, 6) is 0.906. The van der Waals surface area contributed by atoms with Gasteiger partial charge < -0.3 is 10.3 Å². The number of halogens is 2. The first-order valence-corrected chi connectivity index (χ1v) is 7.25. The smallest absolute Gasteiger partial charge is 0.131 e. The Morgan fingerprint density at radius 1 is 1.56 bits per heavy atom. The lowest BCUT2D eigenvalue weighted by atomic mass is 10.2. The molecule has 2 rings (SSSR count). The summed E-state index contributed by atoms with van der Waals surface area (Å²) in [5, 5.41) is 0. The SMILES string of the molecule is CCn1ccnc1C(N)c1cc(Br)c(Br)s1. The monoisotopic (exact) mass is 363 g/mol. The van der Waals surface area contributed by atoms with Crippen molar-refractivity contribution in [1.82, 2.24) is 9.55 Å². The normalized spacial score (nSPS) is 13.0. The molecule has 0 saturated carbocycles. The minimum Gasteiger partial charge on any atom is -0.334 e. The summed E-state index contributed by atoms with van der Waals surface area (Å²) >= 11 is 8.57. The van der Waals surface area contributed by atoms with Gasteiger partial charge in [-0.2, -0.15) is 0 Å². The van der Waals surface area contributed by atoms with E-state index in [-0.39, 0.29) is 6.04 Å². The van der Waals surface area contributed by atoms with E-state index in [0.717, 1.165) is 25.5 Å². The second-order valence-electron chi connectivity index (χ2n) is 3.32. The van der Waals surface area contributed by atoms with Crippen LogP contribution < -0.4 is 5.73 Å². The molecule has 1 atom stereocenters. The molecule has 2 heterocycles. The lowest BCUT2D eigenvalue weighted by Crippen LogP contribution is -2.16. The summed E-state index contributed by atoms with van der Waals surface area (Å²) in [6.45, 7) is 2.97. The molecule has 6 heteroatoms. The van der Waals surface area contributed by atoms with Crippen molar-refractivity contribution >= 4 is 43.2 Å². The topological polar surface area (TPSA) is 43.8 Å². The van der Waals surface area contributed by atoms with Crippen molar-refractivity contribution in [3.05, 3.63) is 37.4 Å². The second kappa shape index (κ2) is 5.00. The molecular weight excluding hydrogens is 354 g/mol. The fraction of sp³-hybridized carbons (Fsp3) is 0.300. The average molecular weight is 365 g/mol. The molecule has 2 aromatic rings. The second-order valence-corrected chi connectivity index (χ2v) is 6.58. The quantitative estimate of drug-likeness (QED) is 0.905. The maximum absolute atomic E-state index is 6.20. The van der Waals surface area contributed by atoms with Gasteiger partial charge in [-0.3, -0.25) is 0 Å². The largest absolute Gasteiger partial charge is 0.334 e. The van der Waals surface area contributed by atoms with Crippen molar-refractivity contribution in [2.24, 2.45) is 5.73 Å². The predicted molar refractivity (Wildman–Crippen MR) is 73.7 cm³/mol. The van der Waals surface area contributed by atoms with Crippen molar-refractivity contribution in [1.29, 1.82) is 0 Å². The molecule has 0 amide bonds. The molecule has 0 aliphatic rings. The number of aryl methyl sites for hydroxylation is 1. The molecule has 1 unspecified atom stereocenters. The molecule has 2 aromatic heterocycles. The van der Waals surface area contributed by atoms with Crippen LogP contribution in [0.15, 0.2) is 26.7 Å². The Labute approximate surface area is 115 Å². The molecule has 0 spiro atoms. The van der Waals surface area contributed by atoms with E-state index in [9.17, 15) is 0 Å². The Hall–Kier alpha value is -0.170. The summed E-state index contributed by atoms with van der Waals surface area (Å²) in [6.07, 6.45) is 3.74. The summed E-state index contributed by atoms with van der Waals surface area (Å²) < 4.78 is 4.16. The van der Waals surface area contributed by atoms with Crippen LogP contribution in [-0.4, -0.2) is 9.55 Å². The van der Waals surface area contributed by atoms with Gasteiger partial charge in [-0.05, 0) is 44.8 Å². The van der Waals surface area contributed by atoms with Crippen molar-refractivity contribution < 1.29 is 0 Å². The maximum Gasteiger partial charge on any atom is 0.131 e. The van der Waals surface area contributed by atoms with Crippen LogP contribution in [0.4, 0.5) is 0 Å². The number of nitrogens with zero attached hydrogens (tertiary/aromatic N) is 2. The number of hydrogen-bond donors (Lipinski definition) is 1. The first-order chi connectivity index (χ1) is 7.63. The highest BCUT2D eigenvalue weighted by molar-refractivity contribution is 9.13. The maximum atomic E-state index is 6.20. The van der Waals surface area contributed by atoms with Crippen LogP contribution in [-0.2, 0) is 6.54 Å². The average Bonchev–Trinajstić information content (AvgIpc) is 2.85. The van der Waals surface area contributed by atoms with E-state index in [1.807, 2.05) is 12.3 Å². The van der Waals surface area contributed by atoms with Crippen LogP contribution in [0, 0.1) is 0 Å². The van der Waals surface area contributed by atoms with Gasteiger partial charge in [0, 0.05) is 28.3 Å². The van der Waals surface area contributed by atoms with Gasteiger partial charge in [0.25, 0.3) is 0 Å². The summed E-state index contributed by atoms with van der Waals surface area (Å²) in [5.41, 5.74) is 6.20. The molecule has 16 heavy (non-hydrogen) atoms. The number of rotatable bonds is 3. The third-order valence-electron chi connectivity index (χ3n) is 2.34. The fourth-order valence-electron chi connectivity index (χ4n) is 1.51. The van der Waals surface area contributed by atoms with E-state index < -0.39 is 0 Å². The van der Waals surface area contributed by atoms with Gasteiger partial charge in [0.2, 0.25) is 0 Å². The van der Waals surface area contributed by atoms with E-state index in [1.54, 1.807) is 17.5 Å². The van der Waals surface area contributed by atoms with E-state index in [4.69, 9.17) is 5.73 Å². The third-order valence-corrected chi connectivity index (χ3v) is 5.68. The van der Waals surface area contributed by atoms with Crippen LogP contribution in [0.5, 0.6) is 0 Å². The minimum atomic E-state index is -0.164. The minimum absolute atomic E-state index is 0.164. The summed E-state index contributed by atoms with van der Waals surface area (Å²) in [4.78, 5) is 5.41. The Morgan fingerprint density at radius 2 is 2.31 bits per heavy atom. The van der Waals surface area contributed by atoms with Gasteiger partial charge >= 0.3 is 0 Å². The highest BCUT2D eigenvalue weighted by Crippen LogP contribution is 2.36. The van der Waals surface area contributed by atoms with Gasteiger partial charge in [0.15, 0.2) is 0 Å². The molecule has 0 aliphatic carbocycles. The molecular formula is C10H11Br2N3S. The van der Waals surface area contributed by atoms with Crippen molar-refractivity contribution in [2.75, 3.05) is 0 Å². The molecule has 0 fully saturated rings. The molecule has 3 nitrogen and oxygen atoms in total. The highest BCUT2D eigenvalue weighted by atomic mass is 79.9. The van der Waals surface area contributed by atoms with Gasteiger partial charge in [-0.25, -0.2) is 4.98 Å². The highest BCUT2D eigenvalue weighted by Gasteiger charge is 2.17. The first-order valence-electron chi connectivity index (χ1n) is 4.84. The summed E-state index contributed by atoms with van der Waals surface area (Å²) in [6, 6.07) is 1.87. The number of imidazole rings is 1. The lowest BCUT2D eigenvalue weighted by Gasteiger charge is -2.10.